The first-order valence-electron chi connectivity index (χ1n) is 7.98. The van der Waals surface area contributed by atoms with Crippen molar-refractivity contribution < 1.29 is 4.74 Å². The average molecular weight is 253 g/mol. The molecule has 2 heterocycles. The quantitative estimate of drug-likeness (QED) is 0.757. The van der Waals surface area contributed by atoms with Crippen LogP contribution in [0.1, 0.15) is 66.2 Å². The Kier molecular flexibility index (Phi) is 4.71. The van der Waals surface area contributed by atoms with Gasteiger partial charge < -0.3 is 9.64 Å². The van der Waals surface area contributed by atoms with Crippen molar-refractivity contribution in [3.05, 3.63) is 0 Å². The van der Waals surface area contributed by atoms with Gasteiger partial charge in [-0.3, -0.25) is 0 Å². The summed E-state index contributed by atoms with van der Waals surface area (Å²) in [6.07, 6.45) is 8.29. The van der Waals surface area contributed by atoms with Crippen molar-refractivity contribution >= 4 is 0 Å². The van der Waals surface area contributed by atoms with E-state index in [0.29, 0.717) is 12.1 Å². The van der Waals surface area contributed by atoms with Gasteiger partial charge in [-0.25, -0.2) is 0 Å². The lowest BCUT2D eigenvalue weighted by atomic mass is 9.78. The predicted molar refractivity (Wildman–Crippen MR) is 76.9 cm³/mol. The summed E-state index contributed by atoms with van der Waals surface area (Å²) in [6, 6.07) is 0.691. The minimum Gasteiger partial charge on any atom is -0.372 e. The highest BCUT2D eigenvalue weighted by Crippen LogP contribution is 2.41. The van der Waals surface area contributed by atoms with Crippen molar-refractivity contribution in [1.29, 1.82) is 0 Å². The largest absolute Gasteiger partial charge is 0.372 e. The summed E-state index contributed by atoms with van der Waals surface area (Å²) in [4.78, 5) is 2.59. The minimum atomic E-state index is 0.231. The van der Waals surface area contributed by atoms with Crippen molar-refractivity contribution in [3.63, 3.8) is 0 Å². The highest BCUT2D eigenvalue weighted by Gasteiger charge is 2.42. The van der Waals surface area contributed by atoms with E-state index in [9.17, 15) is 0 Å². The van der Waals surface area contributed by atoms with E-state index >= 15 is 0 Å². The Morgan fingerprint density at radius 2 is 1.89 bits per heavy atom. The molecule has 2 unspecified atom stereocenters. The van der Waals surface area contributed by atoms with Crippen LogP contribution in [-0.4, -0.2) is 35.7 Å². The summed E-state index contributed by atoms with van der Waals surface area (Å²) in [5.74, 6) is 0.809. The van der Waals surface area contributed by atoms with Crippen LogP contribution in [-0.2, 0) is 4.74 Å². The molecular formula is C16H31NO. The number of piperidine rings is 1. The molecule has 2 fully saturated rings. The fourth-order valence-corrected chi connectivity index (χ4v) is 3.80. The van der Waals surface area contributed by atoms with Crippen LogP contribution in [0.4, 0.5) is 0 Å². The Hall–Kier alpha value is -0.0800. The van der Waals surface area contributed by atoms with Crippen LogP contribution in [0.5, 0.6) is 0 Å². The molecule has 0 N–H and O–H groups in total. The minimum absolute atomic E-state index is 0.231. The second-order valence-corrected chi connectivity index (χ2v) is 6.72. The molecule has 0 aromatic carbocycles. The molecule has 0 bridgehead atoms. The Labute approximate surface area is 113 Å². The van der Waals surface area contributed by atoms with Crippen LogP contribution < -0.4 is 0 Å². The number of likely N-dealkylation sites (tertiary alicyclic amines) is 1. The Morgan fingerprint density at radius 3 is 2.39 bits per heavy atom. The summed E-state index contributed by atoms with van der Waals surface area (Å²) < 4.78 is 6.48. The molecule has 18 heavy (non-hydrogen) atoms. The zero-order valence-electron chi connectivity index (χ0n) is 12.7. The molecule has 0 aromatic heterocycles. The van der Waals surface area contributed by atoms with Crippen molar-refractivity contribution in [2.24, 2.45) is 5.92 Å². The lowest BCUT2D eigenvalue weighted by Crippen LogP contribution is -2.52. The van der Waals surface area contributed by atoms with Gasteiger partial charge in [-0.1, -0.05) is 13.3 Å². The molecule has 2 rings (SSSR count). The third kappa shape index (κ3) is 3.08. The molecule has 2 aliphatic rings. The molecule has 2 atom stereocenters. The molecular weight excluding hydrogens is 222 g/mol. The summed E-state index contributed by atoms with van der Waals surface area (Å²) in [5, 5.41) is 0. The van der Waals surface area contributed by atoms with Crippen LogP contribution >= 0.6 is 0 Å². The molecule has 2 nitrogen and oxygen atoms in total. The molecule has 0 aromatic rings. The van der Waals surface area contributed by atoms with Crippen molar-refractivity contribution in [2.75, 3.05) is 13.1 Å². The van der Waals surface area contributed by atoms with E-state index in [4.69, 9.17) is 4.74 Å². The molecule has 106 valence electrons. The van der Waals surface area contributed by atoms with Gasteiger partial charge in [-0.05, 0) is 58.8 Å². The smallest absolute Gasteiger partial charge is 0.0710 e. The number of hydrogen-bond donors (Lipinski definition) is 0. The standard InChI is InChI=1S/C16H31NO/c1-5-6-15-7-8-16(18-14(15)4)9-11-17(12-10-16)13(2)3/h13-15H,5-12H2,1-4H3. The molecule has 0 amide bonds. The third-order valence-corrected chi connectivity index (χ3v) is 5.17. The molecule has 1 spiro atoms. The van der Waals surface area contributed by atoms with E-state index in [1.165, 1.54) is 51.6 Å². The van der Waals surface area contributed by atoms with E-state index in [1.807, 2.05) is 0 Å². The maximum atomic E-state index is 6.48. The molecule has 2 heteroatoms. The van der Waals surface area contributed by atoms with Crippen molar-refractivity contribution in [2.45, 2.75) is 84.0 Å². The SMILES string of the molecule is CCCC1CCC2(CCN(C(C)C)CC2)OC1C. The van der Waals surface area contributed by atoms with Gasteiger partial charge in [0.15, 0.2) is 0 Å². The summed E-state index contributed by atoms with van der Waals surface area (Å²) in [6.45, 7) is 11.7. The number of nitrogens with zero attached hydrogens (tertiary/aromatic N) is 1. The summed E-state index contributed by atoms with van der Waals surface area (Å²) in [7, 11) is 0. The average Bonchev–Trinajstić information content (AvgIpc) is 2.34. The highest BCUT2D eigenvalue weighted by atomic mass is 16.5. The van der Waals surface area contributed by atoms with Gasteiger partial charge >= 0.3 is 0 Å². The van der Waals surface area contributed by atoms with Crippen LogP contribution in [0.15, 0.2) is 0 Å². The molecule has 0 radical (unpaired) electrons. The zero-order chi connectivity index (χ0) is 13.2. The van der Waals surface area contributed by atoms with E-state index < -0.39 is 0 Å². The van der Waals surface area contributed by atoms with Gasteiger partial charge in [-0.15, -0.1) is 0 Å². The van der Waals surface area contributed by atoms with Gasteiger partial charge in [0.1, 0.15) is 0 Å². The normalized spacial score (nSPS) is 33.2. The number of rotatable bonds is 3. The van der Waals surface area contributed by atoms with Crippen LogP contribution in [0.25, 0.3) is 0 Å². The van der Waals surface area contributed by atoms with Crippen LogP contribution in [0.2, 0.25) is 0 Å². The lowest BCUT2D eigenvalue weighted by molar-refractivity contribution is -0.170. The van der Waals surface area contributed by atoms with Gasteiger partial charge in [-0.2, -0.15) is 0 Å². The molecule has 2 aliphatic heterocycles. The van der Waals surface area contributed by atoms with E-state index in [2.05, 4.69) is 32.6 Å². The first-order chi connectivity index (χ1) is 8.56. The van der Waals surface area contributed by atoms with Gasteiger partial charge in [0.05, 0.1) is 11.7 Å². The molecule has 2 saturated heterocycles. The lowest BCUT2D eigenvalue weighted by Gasteiger charge is -2.49. The first kappa shape index (κ1) is 14.3. The Bertz CT molecular complexity index is 256. The second kappa shape index (κ2) is 5.92. The van der Waals surface area contributed by atoms with Crippen LogP contribution in [0, 0.1) is 5.92 Å². The fraction of sp³-hybridized carbons (Fsp3) is 1.00. The Morgan fingerprint density at radius 1 is 1.22 bits per heavy atom. The maximum Gasteiger partial charge on any atom is 0.0710 e. The Balaban J connectivity index is 1.88. The van der Waals surface area contributed by atoms with Crippen LogP contribution in [0.3, 0.4) is 0 Å². The van der Waals surface area contributed by atoms with Gasteiger partial charge in [0, 0.05) is 19.1 Å². The molecule has 0 aliphatic carbocycles. The summed E-state index contributed by atoms with van der Waals surface area (Å²) >= 11 is 0. The number of ether oxygens (including phenoxy) is 1. The first-order valence-corrected chi connectivity index (χ1v) is 7.98. The third-order valence-electron chi connectivity index (χ3n) is 5.17. The second-order valence-electron chi connectivity index (χ2n) is 6.72. The maximum absolute atomic E-state index is 6.48. The fourth-order valence-electron chi connectivity index (χ4n) is 3.80. The topological polar surface area (TPSA) is 12.5 Å². The predicted octanol–water partition coefficient (Wildman–Crippen LogP) is 3.84. The van der Waals surface area contributed by atoms with E-state index in [1.54, 1.807) is 0 Å². The summed E-state index contributed by atoms with van der Waals surface area (Å²) in [5.41, 5.74) is 0.231. The van der Waals surface area contributed by atoms with E-state index in [0.717, 1.165) is 5.92 Å². The zero-order valence-corrected chi connectivity index (χ0v) is 12.7. The van der Waals surface area contributed by atoms with Crippen molar-refractivity contribution in [1.82, 2.24) is 4.90 Å². The number of hydrogen-bond acceptors (Lipinski definition) is 2. The van der Waals surface area contributed by atoms with Crippen molar-refractivity contribution in [3.8, 4) is 0 Å². The highest BCUT2D eigenvalue weighted by molar-refractivity contribution is 4.93. The van der Waals surface area contributed by atoms with Gasteiger partial charge in [0.2, 0.25) is 0 Å². The molecule has 0 saturated carbocycles. The van der Waals surface area contributed by atoms with Gasteiger partial charge in [0.25, 0.3) is 0 Å². The monoisotopic (exact) mass is 253 g/mol. The van der Waals surface area contributed by atoms with E-state index in [-0.39, 0.29) is 5.60 Å².